The van der Waals surface area contributed by atoms with Crippen LogP contribution < -0.4 is 5.32 Å². The van der Waals surface area contributed by atoms with E-state index in [2.05, 4.69) is 10.3 Å². The molecule has 0 aliphatic rings. The zero-order chi connectivity index (χ0) is 14.3. The monoisotopic (exact) mass is 265 g/mol. The second-order valence-corrected chi connectivity index (χ2v) is 3.97. The summed E-state index contributed by atoms with van der Waals surface area (Å²) in [5, 5.41) is 13.3. The lowest BCUT2D eigenvalue weighted by Gasteiger charge is -2.05. The molecule has 0 aliphatic heterocycles. The Hall–Kier alpha value is -2.44. The largest absolute Gasteiger partial charge is 0.461 e. The average Bonchev–Trinajstić information content (AvgIpc) is 2.34. The van der Waals surface area contributed by atoms with Crippen LogP contribution in [0.2, 0.25) is 0 Å². The number of ether oxygens (including phenoxy) is 1. The molecule has 1 rings (SSSR count). The second kappa shape index (κ2) is 7.10. The topological polar surface area (TPSA) is 94.4 Å². The average molecular weight is 265 g/mol. The van der Waals surface area contributed by atoms with Gasteiger partial charge in [-0.15, -0.1) is 0 Å². The number of nitro groups is 1. The number of esters is 1. The Labute approximate surface area is 110 Å². The highest BCUT2D eigenvalue weighted by Crippen LogP contribution is 2.11. The van der Waals surface area contributed by atoms with Crippen LogP contribution in [0.15, 0.2) is 30.0 Å². The van der Waals surface area contributed by atoms with E-state index in [1.807, 2.05) is 0 Å². The molecule has 19 heavy (non-hydrogen) atoms. The van der Waals surface area contributed by atoms with Crippen molar-refractivity contribution in [3.05, 3.63) is 40.1 Å². The molecule has 0 aromatic carbocycles. The number of hydrogen-bond acceptors (Lipinski definition) is 6. The van der Waals surface area contributed by atoms with Crippen LogP contribution in [-0.4, -0.2) is 29.0 Å². The van der Waals surface area contributed by atoms with Crippen LogP contribution in [0, 0.1) is 10.1 Å². The van der Waals surface area contributed by atoms with Crippen LogP contribution >= 0.6 is 0 Å². The van der Waals surface area contributed by atoms with Crippen LogP contribution in [-0.2, 0) is 9.53 Å². The first-order chi connectivity index (χ1) is 8.99. The molecular formula is C12H15N3O4. The van der Waals surface area contributed by atoms with Gasteiger partial charge in [0.1, 0.15) is 18.6 Å². The van der Waals surface area contributed by atoms with Gasteiger partial charge in [0, 0.05) is 12.1 Å². The van der Waals surface area contributed by atoms with E-state index in [1.54, 1.807) is 13.8 Å². The molecule has 1 aromatic heterocycles. The number of anilines is 1. The van der Waals surface area contributed by atoms with Gasteiger partial charge in [-0.2, -0.15) is 0 Å². The number of carbonyl (C=O) groups excluding carboxylic acids is 1. The van der Waals surface area contributed by atoms with Crippen molar-refractivity contribution in [2.45, 2.75) is 13.8 Å². The lowest BCUT2D eigenvalue weighted by atomic mass is 10.3. The Balaban J connectivity index is 2.32. The molecular weight excluding hydrogens is 250 g/mol. The van der Waals surface area contributed by atoms with Gasteiger partial charge in [0.25, 0.3) is 5.69 Å². The van der Waals surface area contributed by atoms with E-state index in [-0.39, 0.29) is 12.3 Å². The minimum absolute atomic E-state index is 0.0689. The lowest BCUT2D eigenvalue weighted by Crippen LogP contribution is -2.13. The van der Waals surface area contributed by atoms with Crippen LogP contribution in [0.3, 0.4) is 0 Å². The Morgan fingerprint density at radius 3 is 2.79 bits per heavy atom. The second-order valence-electron chi connectivity index (χ2n) is 3.97. The standard InChI is InChI=1S/C12H15N3O4/c1-9(2)7-12(16)19-6-5-13-11-4-3-10(8-14-11)15(17)18/h3-4,7-8H,5-6H2,1-2H3,(H,13,14). The highest BCUT2D eigenvalue weighted by Gasteiger charge is 2.04. The van der Waals surface area contributed by atoms with Crippen LogP contribution in [0.1, 0.15) is 13.8 Å². The molecule has 0 fully saturated rings. The number of nitrogens with one attached hydrogen (secondary N) is 1. The molecule has 0 radical (unpaired) electrons. The van der Waals surface area contributed by atoms with Crippen molar-refractivity contribution in [3.8, 4) is 0 Å². The van der Waals surface area contributed by atoms with Crippen molar-refractivity contribution in [2.75, 3.05) is 18.5 Å². The lowest BCUT2D eigenvalue weighted by molar-refractivity contribution is -0.385. The van der Waals surface area contributed by atoms with Crippen molar-refractivity contribution in [2.24, 2.45) is 0 Å². The number of nitrogens with zero attached hydrogens (tertiary/aromatic N) is 2. The highest BCUT2D eigenvalue weighted by atomic mass is 16.6. The molecule has 0 amide bonds. The molecule has 1 heterocycles. The van der Waals surface area contributed by atoms with Gasteiger partial charge in [-0.3, -0.25) is 10.1 Å². The summed E-state index contributed by atoms with van der Waals surface area (Å²) in [6.45, 7) is 4.19. The molecule has 1 N–H and O–H groups in total. The number of pyridine rings is 1. The first-order valence-electron chi connectivity index (χ1n) is 5.65. The van der Waals surface area contributed by atoms with Gasteiger partial charge >= 0.3 is 5.97 Å². The summed E-state index contributed by atoms with van der Waals surface area (Å²) in [7, 11) is 0. The number of rotatable bonds is 6. The molecule has 0 saturated heterocycles. The van der Waals surface area contributed by atoms with E-state index in [4.69, 9.17) is 4.74 Å². The van der Waals surface area contributed by atoms with E-state index in [9.17, 15) is 14.9 Å². The van der Waals surface area contributed by atoms with E-state index in [1.165, 1.54) is 18.2 Å². The van der Waals surface area contributed by atoms with Crippen molar-refractivity contribution in [3.63, 3.8) is 0 Å². The third kappa shape index (κ3) is 5.62. The summed E-state index contributed by atoms with van der Waals surface area (Å²) in [4.78, 5) is 24.9. The van der Waals surface area contributed by atoms with Crippen molar-refractivity contribution in [1.82, 2.24) is 4.98 Å². The van der Waals surface area contributed by atoms with E-state index >= 15 is 0 Å². The number of carbonyl (C=O) groups is 1. The van der Waals surface area contributed by atoms with Gasteiger partial charge in [0.05, 0.1) is 11.5 Å². The van der Waals surface area contributed by atoms with Gasteiger partial charge in [0.15, 0.2) is 0 Å². The Bertz CT molecular complexity index is 478. The van der Waals surface area contributed by atoms with Gasteiger partial charge in [-0.05, 0) is 19.9 Å². The minimum atomic E-state index is -0.516. The van der Waals surface area contributed by atoms with Gasteiger partial charge in [-0.1, -0.05) is 5.57 Å². The molecule has 102 valence electrons. The van der Waals surface area contributed by atoms with Crippen LogP contribution in [0.25, 0.3) is 0 Å². The molecule has 7 heteroatoms. The molecule has 0 aliphatic carbocycles. The van der Waals surface area contributed by atoms with Crippen molar-refractivity contribution in [1.29, 1.82) is 0 Å². The van der Waals surface area contributed by atoms with E-state index < -0.39 is 10.9 Å². The summed E-state index contributed by atoms with van der Waals surface area (Å²) < 4.78 is 4.92. The van der Waals surface area contributed by atoms with Crippen molar-refractivity contribution < 1.29 is 14.5 Å². The fraction of sp³-hybridized carbons (Fsp3) is 0.333. The predicted octanol–water partition coefficient (Wildman–Crippen LogP) is 1.91. The maximum Gasteiger partial charge on any atom is 0.330 e. The summed E-state index contributed by atoms with van der Waals surface area (Å²) in [5.41, 5.74) is 0.801. The number of aromatic nitrogens is 1. The first-order valence-corrected chi connectivity index (χ1v) is 5.65. The first kappa shape index (κ1) is 14.6. The highest BCUT2D eigenvalue weighted by molar-refractivity contribution is 5.82. The predicted molar refractivity (Wildman–Crippen MR) is 69.8 cm³/mol. The molecule has 0 saturated carbocycles. The zero-order valence-electron chi connectivity index (χ0n) is 10.8. The van der Waals surface area contributed by atoms with Crippen molar-refractivity contribution >= 4 is 17.5 Å². The van der Waals surface area contributed by atoms with E-state index in [0.29, 0.717) is 12.4 Å². The molecule has 0 bridgehead atoms. The maximum atomic E-state index is 11.2. The zero-order valence-corrected chi connectivity index (χ0v) is 10.8. The number of allylic oxidation sites excluding steroid dienone is 1. The normalized spacial score (nSPS) is 9.58. The molecule has 1 aromatic rings. The smallest absolute Gasteiger partial charge is 0.330 e. The molecule has 7 nitrogen and oxygen atoms in total. The fourth-order valence-electron chi connectivity index (χ4n) is 1.21. The van der Waals surface area contributed by atoms with Crippen LogP contribution in [0.5, 0.6) is 0 Å². The molecule has 0 unspecified atom stereocenters. The Kier molecular flexibility index (Phi) is 5.46. The summed E-state index contributed by atoms with van der Waals surface area (Å²) >= 11 is 0. The third-order valence-corrected chi connectivity index (χ3v) is 2.02. The van der Waals surface area contributed by atoms with Crippen LogP contribution in [0.4, 0.5) is 11.5 Å². The van der Waals surface area contributed by atoms with Gasteiger partial charge in [-0.25, -0.2) is 9.78 Å². The third-order valence-electron chi connectivity index (χ3n) is 2.02. The summed E-state index contributed by atoms with van der Waals surface area (Å²) in [6, 6.07) is 2.85. The molecule has 0 spiro atoms. The SMILES string of the molecule is CC(C)=CC(=O)OCCNc1ccc([N+](=O)[O-])cn1. The quantitative estimate of drug-likeness (QED) is 0.277. The minimum Gasteiger partial charge on any atom is -0.461 e. The summed E-state index contributed by atoms with van der Waals surface area (Å²) in [5.74, 6) is 0.0994. The molecule has 0 atom stereocenters. The maximum absolute atomic E-state index is 11.2. The fourth-order valence-corrected chi connectivity index (χ4v) is 1.21. The Morgan fingerprint density at radius 2 is 2.26 bits per heavy atom. The Morgan fingerprint density at radius 1 is 1.53 bits per heavy atom. The van der Waals surface area contributed by atoms with E-state index in [0.717, 1.165) is 11.8 Å². The summed E-state index contributed by atoms with van der Waals surface area (Å²) in [6.07, 6.45) is 2.57. The number of hydrogen-bond donors (Lipinski definition) is 1. The van der Waals surface area contributed by atoms with Gasteiger partial charge < -0.3 is 10.1 Å². The van der Waals surface area contributed by atoms with Gasteiger partial charge in [0.2, 0.25) is 0 Å².